The molecule has 0 aliphatic heterocycles. The molecule has 0 saturated heterocycles. The molecule has 0 spiro atoms. The lowest BCUT2D eigenvalue weighted by molar-refractivity contribution is 0.0919. The molecule has 5 N–H and O–H groups in total. The Hall–Kier alpha value is -1.71. The zero-order valence-electron chi connectivity index (χ0n) is 11.5. The molecule has 1 aromatic rings. The van der Waals surface area contributed by atoms with Crippen molar-refractivity contribution < 1.29 is 4.79 Å². The third kappa shape index (κ3) is 3.63. The molecule has 104 valence electrons. The predicted molar refractivity (Wildman–Crippen MR) is 78.8 cm³/mol. The van der Waals surface area contributed by atoms with Crippen LogP contribution in [0.3, 0.4) is 0 Å². The second kappa shape index (κ2) is 5.51. The Morgan fingerprint density at radius 2 is 1.74 bits per heavy atom. The number of amides is 1. The summed E-state index contributed by atoms with van der Waals surface area (Å²) in [5.41, 5.74) is 13.2. The maximum Gasteiger partial charge on any atom is 0.251 e. The molecule has 2 rings (SSSR count). The van der Waals surface area contributed by atoms with Crippen molar-refractivity contribution in [2.24, 2.45) is 5.41 Å². The summed E-state index contributed by atoms with van der Waals surface area (Å²) in [7, 11) is 0. The first-order valence-corrected chi connectivity index (χ1v) is 6.93. The average Bonchev–Trinajstić information content (AvgIpc) is 2.36. The van der Waals surface area contributed by atoms with Crippen LogP contribution in [0.25, 0.3) is 0 Å². The van der Waals surface area contributed by atoms with Gasteiger partial charge in [0, 0.05) is 23.5 Å². The third-order valence-corrected chi connectivity index (χ3v) is 3.98. The van der Waals surface area contributed by atoms with Crippen LogP contribution in [0.5, 0.6) is 0 Å². The molecule has 19 heavy (non-hydrogen) atoms. The Morgan fingerprint density at radius 1 is 1.16 bits per heavy atom. The minimum Gasteiger partial charge on any atom is -0.399 e. The van der Waals surface area contributed by atoms with Gasteiger partial charge in [-0.25, -0.2) is 0 Å². The van der Waals surface area contributed by atoms with Gasteiger partial charge in [-0.15, -0.1) is 0 Å². The number of benzene rings is 1. The lowest BCUT2D eigenvalue weighted by Gasteiger charge is -2.33. The molecule has 1 fully saturated rings. The summed E-state index contributed by atoms with van der Waals surface area (Å²) in [6.07, 6.45) is 6.21. The first-order valence-electron chi connectivity index (χ1n) is 6.93. The van der Waals surface area contributed by atoms with Gasteiger partial charge in [0.05, 0.1) is 0 Å². The van der Waals surface area contributed by atoms with E-state index in [-0.39, 0.29) is 11.3 Å². The van der Waals surface area contributed by atoms with Crippen molar-refractivity contribution in [1.82, 2.24) is 5.32 Å². The minimum atomic E-state index is -0.0919. The SMILES string of the molecule is CC1(CNC(=O)c2cc(N)cc(N)c2)CCCCC1. The van der Waals surface area contributed by atoms with E-state index in [2.05, 4.69) is 12.2 Å². The van der Waals surface area contributed by atoms with Crippen LogP contribution < -0.4 is 16.8 Å². The molecule has 1 aromatic carbocycles. The van der Waals surface area contributed by atoms with E-state index < -0.39 is 0 Å². The summed E-state index contributed by atoms with van der Waals surface area (Å²) in [5, 5.41) is 3.01. The van der Waals surface area contributed by atoms with Crippen LogP contribution in [-0.2, 0) is 0 Å². The van der Waals surface area contributed by atoms with E-state index in [1.54, 1.807) is 18.2 Å². The van der Waals surface area contributed by atoms with Crippen molar-refractivity contribution in [1.29, 1.82) is 0 Å². The molecule has 0 aromatic heterocycles. The van der Waals surface area contributed by atoms with Gasteiger partial charge in [0.1, 0.15) is 0 Å². The number of carbonyl (C=O) groups is 1. The Bertz CT molecular complexity index is 444. The normalized spacial score (nSPS) is 17.9. The summed E-state index contributed by atoms with van der Waals surface area (Å²) in [5.74, 6) is -0.0919. The number of hydrogen-bond donors (Lipinski definition) is 3. The van der Waals surface area contributed by atoms with Gasteiger partial charge in [-0.1, -0.05) is 26.2 Å². The topological polar surface area (TPSA) is 81.1 Å². The van der Waals surface area contributed by atoms with Gasteiger partial charge in [-0.2, -0.15) is 0 Å². The first kappa shape index (κ1) is 13.7. The van der Waals surface area contributed by atoms with E-state index in [0.29, 0.717) is 16.9 Å². The molecular weight excluding hydrogens is 238 g/mol. The minimum absolute atomic E-state index is 0.0919. The molecule has 1 saturated carbocycles. The number of rotatable bonds is 3. The Balaban J connectivity index is 1.97. The number of hydrogen-bond acceptors (Lipinski definition) is 3. The molecule has 0 bridgehead atoms. The summed E-state index contributed by atoms with van der Waals surface area (Å²) < 4.78 is 0. The van der Waals surface area contributed by atoms with Crippen molar-refractivity contribution in [3.63, 3.8) is 0 Å². The highest BCUT2D eigenvalue weighted by Gasteiger charge is 2.27. The standard InChI is InChI=1S/C15H23N3O/c1-15(5-3-2-4-6-15)10-18-14(19)11-7-12(16)9-13(17)8-11/h7-9H,2-6,10,16-17H2,1H3,(H,18,19). The van der Waals surface area contributed by atoms with E-state index in [1.807, 2.05) is 0 Å². The lowest BCUT2D eigenvalue weighted by atomic mass is 9.76. The fourth-order valence-electron chi connectivity index (χ4n) is 2.79. The Labute approximate surface area is 114 Å². The van der Waals surface area contributed by atoms with Gasteiger partial charge >= 0.3 is 0 Å². The highest BCUT2D eigenvalue weighted by atomic mass is 16.1. The van der Waals surface area contributed by atoms with Crippen molar-refractivity contribution in [2.75, 3.05) is 18.0 Å². The molecule has 0 unspecified atom stereocenters. The smallest absolute Gasteiger partial charge is 0.251 e. The van der Waals surface area contributed by atoms with Crippen LogP contribution in [0.15, 0.2) is 18.2 Å². The van der Waals surface area contributed by atoms with Crippen LogP contribution in [0.1, 0.15) is 49.4 Å². The quantitative estimate of drug-likeness (QED) is 0.731. The average molecular weight is 261 g/mol. The van der Waals surface area contributed by atoms with Crippen molar-refractivity contribution >= 4 is 17.3 Å². The highest BCUT2D eigenvalue weighted by molar-refractivity contribution is 5.96. The zero-order valence-corrected chi connectivity index (χ0v) is 11.5. The van der Waals surface area contributed by atoms with E-state index in [1.165, 1.54) is 32.1 Å². The number of nitrogen functional groups attached to an aromatic ring is 2. The fourth-order valence-corrected chi connectivity index (χ4v) is 2.79. The fraction of sp³-hybridized carbons (Fsp3) is 0.533. The number of anilines is 2. The maximum atomic E-state index is 12.1. The molecule has 0 atom stereocenters. The lowest BCUT2D eigenvalue weighted by Crippen LogP contribution is -2.37. The largest absolute Gasteiger partial charge is 0.399 e. The van der Waals surface area contributed by atoms with E-state index in [0.717, 1.165) is 6.54 Å². The van der Waals surface area contributed by atoms with Crippen molar-refractivity contribution in [3.05, 3.63) is 23.8 Å². The first-order chi connectivity index (χ1) is 8.98. The van der Waals surface area contributed by atoms with Gasteiger partial charge in [-0.05, 0) is 36.5 Å². The van der Waals surface area contributed by atoms with E-state index in [9.17, 15) is 4.79 Å². The van der Waals surface area contributed by atoms with Crippen molar-refractivity contribution in [2.45, 2.75) is 39.0 Å². The van der Waals surface area contributed by atoms with E-state index in [4.69, 9.17) is 11.5 Å². The van der Waals surface area contributed by atoms with Crippen LogP contribution in [-0.4, -0.2) is 12.5 Å². The molecule has 0 heterocycles. The van der Waals surface area contributed by atoms with Gasteiger partial charge in [0.25, 0.3) is 5.91 Å². The molecule has 1 amide bonds. The molecule has 1 aliphatic carbocycles. The summed E-state index contributed by atoms with van der Waals surface area (Å²) >= 11 is 0. The van der Waals surface area contributed by atoms with E-state index >= 15 is 0 Å². The zero-order chi connectivity index (χ0) is 13.9. The Kier molecular flexibility index (Phi) is 3.98. The predicted octanol–water partition coefficient (Wildman–Crippen LogP) is 2.55. The Morgan fingerprint density at radius 3 is 2.32 bits per heavy atom. The second-order valence-corrected chi connectivity index (χ2v) is 5.94. The molecule has 4 heteroatoms. The van der Waals surface area contributed by atoms with Crippen LogP contribution in [0.4, 0.5) is 11.4 Å². The van der Waals surface area contributed by atoms with Crippen LogP contribution in [0.2, 0.25) is 0 Å². The van der Waals surface area contributed by atoms with Crippen LogP contribution in [0, 0.1) is 5.41 Å². The molecule has 4 nitrogen and oxygen atoms in total. The monoisotopic (exact) mass is 261 g/mol. The maximum absolute atomic E-state index is 12.1. The third-order valence-electron chi connectivity index (χ3n) is 3.98. The second-order valence-electron chi connectivity index (χ2n) is 5.94. The number of nitrogens with two attached hydrogens (primary N) is 2. The van der Waals surface area contributed by atoms with Crippen molar-refractivity contribution in [3.8, 4) is 0 Å². The molecule has 1 aliphatic rings. The molecular formula is C15H23N3O. The van der Waals surface area contributed by atoms with Gasteiger partial charge in [-0.3, -0.25) is 4.79 Å². The highest BCUT2D eigenvalue weighted by Crippen LogP contribution is 2.34. The summed E-state index contributed by atoms with van der Waals surface area (Å²) in [6, 6.07) is 4.98. The van der Waals surface area contributed by atoms with Gasteiger partial charge in [0.15, 0.2) is 0 Å². The number of carbonyl (C=O) groups excluding carboxylic acids is 1. The van der Waals surface area contributed by atoms with Crippen LogP contribution >= 0.6 is 0 Å². The van der Waals surface area contributed by atoms with Gasteiger partial charge < -0.3 is 16.8 Å². The summed E-state index contributed by atoms with van der Waals surface area (Å²) in [4.78, 5) is 12.1. The van der Waals surface area contributed by atoms with Gasteiger partial charge in [0.2, 0.25) is 0 Å². The molecule has 0 radical (unpaired) electrons. The summed E-state index contributed by atoms with van der Waals surface area (Å²) in [6.45, 7) is 2.97. The number of nitrogens with one attached hydrogen (secondary N) is 1.